The molecule has 4 atom stereocenters. The number of carbonyl (C=O) groups excluding carboxylic acids is 3. The van der Waals surface area contributed by atoms with E-state index >= 15 is 0 Å². The maximum Gasteiger partial charge on any atom is 0.264 e. The van der Waals surface area contributed by atoms with Crippen LogP contribution in [0.4, 0.5) is 14.5 Å². The van der Waals surface area contributed by atoms with Gasteiger partial charge in [0.25, 0.3) is 17.7 Å². The van der Waals surface area contributed by atoms with Gasteiger partial charge in [-0.25, -0.2) is 18.7 Å². The summed E-state index contributed by atoms with van der Waals surface area (Å²) in [5, 5.41) is 16.0. The molecule has 1 aliphatic carbocycles. The highest BCUT2D eigenvalue weighted by Gasteiger charge is 2.55. The predicted molar refractivity (Wildman–Crippen MR) is 158 cm³/mol. The van der Waals surface area contributed by atoms with Crippen LogP contribution in [0.5, 0.6) is 0 Å². The van der Waals surface area contributed by atoms with Crippen LogP contribution in [-0.4, -0.2) is 52.1 Å². The number of carbonyl (C=O) groups is 3. The van der Waals surface area contributed by atoms with Crippen molar-refractivity contribution in [3.05, 3.63) is 106 Å². The Kier molecular flexibility index (Phi) is 7.04. The van der Waals surface area contributed by atoms with E-state index in [0.717, 1.165) is 41.0 Å². The van der Waals surface area contributed by atoms with Gasteiger partial charge >= 0.3 is 0 Å². The summed E-state index contributed by atoms with van der Waals surface area (Å²) in [6.45, 7) is -0.351. The first-order chi connectivity index (χ1) is 21.3. The number of hydrogen-bond acceptors (Lipinski definition) is 7. The van der Waals surface area contributed by atoms with E-state index < -0.39 is 41.7 Å². The van der Waals surface area contributed by atoms with Crippen LogP contribution in [0.15, 0.2) is 93.8 Å². The van der Waals surface area contributed by atoms with Crippen molar-refractivity contribution in [1.82, 2.24) is 10.0 Å². The highest BCUT2D eigenvalue weighted by molar-refractivity contribution is 6.31. The number of imide groups is 1. The fraction of sp³-hybridized carbons (Fsp3) is 0.250. The summed E-state index contributed by atoms with van der Waals surface area (Å²) < 4.78 is 27.4. The van der Waals surface area contributed by atoms with E-state index in [4.69, 9.17) is 16.7 Å². The van der Waals surface area contributed by atoms with Gasteiger partial charge in [0.15, 0.2) is 12.1 Å². The molecule has 3 aliphatic heterocycles. The van der Waals surface area contributed by atoms with E-state index in [0.29, 0.717) is 16.3 Å². The SMILES string of the molecule is O=C1[C@@H]2N=NN(CC(=O)N3N=C4/C(=C/c5ccc(F)cc5)CCC[C@@H]4[C@H]3c3ccc(F)cc3)[C@H]2C(=O)N1c1ccc(Cl)cc1. The number of nitrogens with zero attached hydrogens (tertiary/aromatic N) is 6. The van der Waals surface area contributed by atoms with Gasteiger partial charge in [0, 0.05) is 10.9 Å². The van der Waals surface area contributed by atoms with Gasteiger partial charge in [0.1, 0.15) is 18.2 Å². The second-order valence-corrected chi connectivity index (χ2v) is 11.6. The Bertz CT molecular complexity index is 1740. The first-order valence-corrected chi connectivity index (χ1v) is 14.6. The van der Waals surface area contributed by atoms with Crippen LogP contribution in [0.3, 0.4) is 0 Å². The smallest absolute Gasteiger partial charge is 0.264 e. The zero-order valence-electron chi connectivity index (χ0n) is 23.2. The number of benzene rings is 3. The molecule has 7 rings (SSSR count). The van der Waals surface area contributed by atoms with Gasteiger partial charge in [-0.15, -0.1) is 0 Å². The molecule has 2 fully saturated rings. The van der Waals surface area contributed by atoms with Crippen LogP contribution >= 0.6 is 11.6 Å². The van der Waals surface area contributed by atoms with Crippen molar-refractivity contribution in [3.8, 4) is 0 Å². The first kappa shape index (κ1) is 28.0. The second-order valence-electron chi connectivity index (χ2n) is 11.1. The summed E-state index contributed by atoms with van der Waals surface area (Å²) in [6.07, 6.45) is 4.28. The summed E-state index contributed by atoms with van der Waals surface area (Å²) in [4.78, 5) is 41.6. The Morgan fingerprint density at radius 3 is 2.30 bits per heavy atom. The lowest BCUT2D eigenvalue weighted by atomic mass is 9.77. The standard InChI is InChI=1S/C32H25ClF2N6O3/c33-21-8-14-24(15-9-21)40-31(43)28-30(32(40)44)39(38-36-28)17-26(42)41-29(19-6-12-23(35)13-7-19)25-3-1-2-20(27(25)37-41)16-18-4-10-22(34)11-5-18/h4-16,25,28-30H,1-3,17H2/b20-16+/t25-,28+,29+,30+/m0/s1. The molecule has 4 aliphatic rings. The van der Waals surface area contributed by atoms with Gasteiger partial charge < -0.3 is 0 Å². The van der Waals surface area contributed by atoms with Crippen molar-refractivity contribution in [2.45, 2.75) is 37.4 Å². The van der Waals surface area contributed by atoms with Gasteiger partial charge in [-0.2, -0.15) is 10.2 Å². The predicted octanol–water partition coefficient (Wildman–Crippen LogP) is 5.73. The van der Waals surface area contributed by atoms with Crippen molar-refractivity contribution in [2.75, 3.05) is 11.4 Å². The quantitative estimate of drug-likeness (QED) is 0.343. The number of halogens is 3. The van der Waals surface area contributed by atoms with Crippen LogP contribution in [0.1, 0.15) is 36.4 Å². The van der Waals surface area contributed by atoms with Crippen LogP contribution < -0.4 is 4.90 Å². The number of fused-ring (bicyclic) bond motifs is 2. The molecule has 9 nitrogen and oxygen atoms in total. The monoisotopic (exact) mass is 614 g/mol. The molecule has 3 aromatic rings. The van der Waals surface area contributed by atoms with E-state index in [1.807, 2.05) is 6.08 Å². The number of hydrogen-bond donors (Lipinski definition) is 0. The normalized spacial score (nSPS) is 25.1. The Labute approximate surface area is 256 Å². The van der Waals surface area contributed by atoms with Crippen molar-refractivity contribution < 1.29 is 23.2 Å². The minimum Gasteiger partial charge on any atom is -0.271 e. The lowest BCUT2D eigenvalue weighted by Crippen LogP contribution is -2.45. The molecule has 3 amide bonds. The lowest BCUT2D eigenvalue weighted by molar-refractivity contribution is -0.136. The lowest BCUT2D eigenvalue weighted by Gasteiger charge is -2.30. The topological polar surface area (TPSA) is 98.0 Å². The third kappa shape index (κ3) is 4.86. The minimum atomic E-state index is -1.07. The number of allylic oxidation sites excluding steroid dienone is 1. The van der Waals surface area contributed by atoms with Gasteiger partial charge in [-0.3, -0.25) is 19.4 Å². The molecule has 12 heteroatoms. The van der Waals surface area contributed by atoms with Crippen LogP contribution in [0.25, 0.3) is 6.08 Å². The molecule has 44 heavy (non-hydrogen) atoms. The zero-order chi connectivity index (χ0) is 30.5. The molecule has 3 heterocycles. The van der Waals surface area contributed by atoms with Crippen molar-refractivity contribution in [2.24, 2.45) is 21.4 Å². The molecule has 0 bridgehead atoms. The third-order valence-corrected chi connectivity index (χ3v) is 8.67. The minimum absolute atomic E-state index is 0.159. The van der Waals surface area contributed by atoms with Crippen molar-refractivity contribution in [1.29, 1.82) is 0 Å². The number of rotatable bonds is 5. The highest BCUT2D eigenvalue weighted by Crippen LogP contribution is 2.45. The molecule has 1 saturated heterocycles. The molecule has 0 aromatic heterocycles. The zero-order valence-corrected chi connectivity index (χ0v) is 23.9. The number of hydrazone groups is 1. The largest absolute Gasteiger partial charge is 0.271 e. The molecule has 0 spiro atoms. The number of amides is 3. The van der Waals surface area contributed by atoms with E-state index in [1.54, 1.807) is 48.5 Å². The van der Waals surface area contributed by atoms with E-state index in [1.165, 1.54) is 34.3 Å². The maximum absolute atomic E-state index is 14.0. The molecular formula is C32H25ClF2N6O3. The van der Waals surface area contributed by atoms with Gasteiger partial charge in [-0.1, -0.05) is 41.1 Å². The summed E-state index contributed by atoms with van der Waals surface area (Å²) in [5.41, 5.74) is 3.56. The van der Waals surface area contributed by atoms with Crippen LogP contribution in [-0.2, 0) is 14.4 Å². The Morgan fingerprint density at radius 2 is 1.59 bits per heavy atom. The van der Waals surface area contributed by atoms with Crippen molar-refractivity contribution in [3.63, 3.8) is 0 Å². The molecule has 0 unspecified atom stereocenters. The summed E-state index contributed by atoms with van der Waals surface area (Å²) in [7, 11) is 0. The molecule has 1 saturated carbocycles. The Hall–Kier alpha value is -4.77. The van der Waals surface area contributed by atoms with Gasteiger partial charge in [0.05, 0.1) is 17.4 Å². The summed E-state index contributed by atoms with van der Waals surface area (Å²) in [5.74, 6) is -2.42. The third-order valence-electron chi connectivity index (χ3n) is 8.42. The molecule has 3 aromatic carbocycles. The van der Waals surface area contributed by atoms with Crippen LogP contribution in [0.2, 0.25) is 5.02 Å². The van der Waals surface area contributed by atoms with E-state index in [-0.39, 0.29) is 18.3 Å². The fourth-order valence-electron chi connectivity index (χ4n) is 6.37. The first-order valence-electron chi connectivity index (χ1n) is 14.2. The molecule has 0 radical (unpaired) electrons. The Balaban J connectivity index is 1.18. The summed E-state index contributed by atoms with van der Waals surface area (Å²) >= 11 is 5.98. The van der Waals surface area contributed by atoms with Crippen LogP contribution in [0, 0.1) is 17.6 Å². The number of anilines is 1. The van der Waals surface area contributed by atoms with Gasteiger partial charge in [-0.05, 0) is 90.6 Å². The second kappa shape index (κ2) is 11.1. The molecule has 0 N–H and O–H groups in total. The fourth-order valence-corrected chi connectivity index (χ4v) is 6.50. The summed E-state index contributed by atoms with van der Waals surface area (Å²) in [6, 6.07) is 15.8. The average Bonchev–Trinajstić information content (AvgIpc) is 3.69. The molecular weight excluding hydrogens is 590 g/mol. The van der Waals surface area contributed by atoms with Gasteiger partial charge in [0.2, 0.25) is 0 Å². The maximum atomic E-state index is 14.0. The van der Waals surface area contributed by atoms with E-state index in [2.05, 4.69) is 10.3 Å². The van der Waals surface area contributed by atoms with Crippen molar-refractivity contribution >= 4 is 46.8 Å². The highest BCUT2D eigenvalue weighted by atomic mass is 35.5. The average molecular weight is 615 g/mol. The van der Waals surface area contributed by atoms with E-state index in [9.17, 15) is 23.2 Å². The molecule has 222 valence electrons. The Morgan fingerprint density at radius 1 is 0.909 bits per heavy atom.